The standard InChI is InChI=1S/C12H22NOP/c14-10-7-8-3-1-5-13-11(8)12-9(10)4-2-6-15-12/h8-15H,1-7H2. The molecule has 2 heterocycles. The summed E-state index contributed by atoms with van der Waals surface area (Å²) in [5, 5.41) is 14.0. The van der Waals surface area contributed by atoms with Gasteiger partial charge in [-0.25, -0.2) is 0 Å². The van der Waals surface area contributed by atoms with Gasteiger partial charge in [0.2, 0.25) is 0 Å². The minimum Gasteiger partial charge on any atom is -0.393 e. The molecule has 0 radical (unpaired) electrons. The predicted molar refractivity (Wildman–Crippen MR) is 64.8 cm³/mol. The summed E-state index contributed by atoms with van der Waals surface area (Å²) in [7, 11) is 1.10. The first-order valence-corrected chi connectivity index (χ1v) is 7.79. The van der Waals surface area contributed by atoms with Gasteiger partial charge in [0.1, 0.15) is 0 Å². The number of rotatable bonds is 0. The topological polar surface area (TPSA) is 32.3 Å². The van der Waals surface area contributed by atoms with E-state index in [4.69, 9.17) is 0 Å². The van der Waals surface area contributed by atoms with E-state index >= 15 is 0 Å². The van der Waals surface area contributed by atoms with E-state index in [1.165, 1.54) is 38.4 Å². The number of hydrogen-bond acceptors (Lipinski definition) is 2. The molecule has 6 atom stereocenters. The van der Waals surface area contributed by atoms with Crippen LogP contribution < -0.4 is 5.32 Å². The summed E-state index contributed by atoms with van der Waals surface area (Å²) < 4.78 is 0. The molecule has 3 aliphatic rings. The summed E-state index contributed by atoms with van der Waals surface area (Å²) in [5.41, 5.74) is 0.813. The number of aliphatic hydroxyl groups excluding tert-OH is 1. The maximum absolute atomic E-state index is 10.2. The smallest absolute Gasteiger partial charge is 0.0578 e. The molecule has 0 aromatic heterocycles. The van der Waals surface area contributed by atoms with E-state index < -0.39 is 0 Å². The molecule has 86 valence electrons. The van der Waals surface area contributed by atoms with Crippen LogP contribution in [-0.4, -0.2) is 35.6 Å². The Morgan fingerprint density at radius 3 is 3.07 bits per heavy atom. The fourth-order valence-electron chi connectivity index (χ4n) is 3.91. The van der Waals surface area contributed by atoms with E-state index in [0.29, 0.717) is 5.92 Å². The van der Waals surface area contributed by atoms with Gasteiger partial charge in [0, 0.05) is 6.04 Å². The summed E-state index contributed by atoms with van der Waals surface area (Å²) in [6, 6.07) is 0.755. The van der Waals surface area contributed by atoms with E-state index in [9.17, 15) is 5.11 Å². The zero-order valence-electron chi connectivity index (χ0n) is 9.28. The molecule has 1 saturated carbocycles. The Hall–Kier alpha value is 0.350. The van der Waals surface area contributed by atoms with Gasteiger partial charge in [-0.3, -0.25) is 0 Å². The maximum atomic E-state index is 10.2. The number of hydrogen-bond donors (Lipinski definition) is 2. The molecule has 6 unspecified atom stereocenters. The van der Waals surface area contributed by atoms with E-state index in [1.54, 1.807) is 0 Å². The number of piperidine rings is 1. The van der Waals surface area contributed by atoms with Gasteiger partial charge in [0.25, 0.3) is 0 Å². The maximum Gasteiger partial charge on any atom is 0.0578 e. The van der Waals surface area contributed by atoms with Gasteiger partial charge in [-0.15, -0.1) is 8.58 Å². The highest BCUT2D eigenvalue weighted by Gasteiger charge is 2.45. The lowest BCUT2D eigenvalue weighted by Gasteiger charge is -2.50. The lowest BCUT2D eigenvalue weighted by Crippen LogP contribution is -2.57. The average molecular weight is 227 g/mol. The highest BCUT2D eigenvalue weighted by molar-refractivity contribution is 7.39. The van der Waals surface area contributed by atoms with Gasteiger partial charge >= 0.3 is 0 Å². The zero-order valence-corrected chi connectivity index (χ0v) is 10.3. The fraction of sp³-hybridized carbons (Fsp3) is 1.00. The van der Waals surface area contributed by atoms with Crippen LogP contribution in [0.5, 0.6) is 0 Å². The van der Waals surface area contributed by atoms with Crippen LogP contribution >= 0.6 is 8.58 Å². The Morgan fingerprint density at radius 2 is 2.13 bits per heavy atom. The van der Waals surface area contributed by atoms with Crippen molar-refractivity contribution in [2.45, 2.75) is 49.9 Å². The molecule has 2 aliphatic heterocycles. The van der Waals surface area contributed by atoms with Crippen LogP contribution in [-0.2, 0) is 0 Å². The molecule has 15 heavy (non-hydrogen) atoms. The molecule has 2 nitrogen and oxygen atoms in total. The lowest BCUT2D eigenvalue weighted by atomic mass is 9.71. The van der Waals surface area contributed by atoms with Crippen LogP contribution in [0.4, 0.5) is 0 Å². The van der Waals surface area contributed by atoms with Gasteiger partial charge in [0.05, 0.1) is 6.10 Å². The highest BCUT2D eigenvalue weighted by atomic mass is 31.1. The third-order valence-corrected chi connectivity index (χ3v) is 6.52. The Labute approximate surface area is 94.0 Å². The van der Waals surface area contributed by atoms with E-state index in [1.807, 2.05) is 0 Å². The first-order chi connectivity index (χ1) is 7.36. The Kier molecular flexibility index (Phi) is 3.02. The normalized spacial score (nSPS) is 52.2. The number of nitrogens with one attached hydrogen (secondary N) is 1. The van der Waals surface area contributed by atoms with Crippen LogP contribution in [0.25, 0.3) is 0 Å². The fourth-order valence-corrected chi connectivity index (χ4v) is 5.99. The molecule has 1 aliphatic carbocycles. The minimum absolute atomic E-state index is 0.0175. The molecule has 2 N–H and O–H groups in total. The largest absolute Gasteiger partial charge is 0.393 e. The molecule has 0 aromatic rings. The van der Waals surface area contributed by atoms with Crippen LogP contribution in [0.15, 0.2) is 0 Å². The van der Waals surface area contributed by atoms with Crippen LogP contribution in [0.3, 0.4) is 0 Å². The van der Waals surface area contributed by atoms with Gasteiger partial charge in [-0.1, -0.05) is 0 Å². The summed E-state index contributed by atoms with van der Waals surface area (Å²) in [6.07, 6.45) is 7.81. The summed E-state index contributed by atoms with van der Waals surface area (Å²) >= 11 is 0. The molecule has 0 bridgehead atoms. The third-order valence-electron chi connectivity index (χ3n) is 4.62. The van der Waals surface area contributed by atoms with Crippen molar-refractivity contribution in [3.8, 4) is 0 Å². The van der Waals surface area contributed by atoms with Crippen molar-refractivity contribution in [2.24, 2.45) is 11.8 Å². The Bertz CT molecular complexity index is 236. The van der Waals surface area contributed by atoms with Crippen LogP contribution in [0.1, 0.15) is 32.1 Å². The molecular weight excluding hydrogens is 205 g/mol. The van der Waals surface area contributed by atoms with Crippen molar-refractivity contribution in [3.05, 3.63) is 0 Å². The zero-order chi connectivity index (χ0) is 10.3. The molecule has 0 spiro atoms. The first kappa shape index (κ1) is 10.5. The number of aliphatic hydroxyl groups is 1. The quantitative estimate of drug-likeness (QED) is 0.616. The lowest BCUT2D eigenvalue weighted by molar-refractivity contribution is 0.0154. The van der Waals surface area contributed by atoms with Gasteiger partial charge in [-0.2, -0.15) is 0 Å². The summed E-state index contributed by atoms with van der Waals surface area (Å²) in [4.78, 5) is 0. The van der Waals surface area contributed by atoms with Crippen molar-refractivity contribution in [1.29, 1.82) is 0 Å². The predicted octanol–water partition coefficient (Wildman–Crippen LogP) is 1.58. The second kappa shape index (κ2) is 4.31. The van der Waals surface area contributed by atoms with Crippen molar-refractivity contribution in [2.75, 3.05) is 12.7 Å². The summed E-state index contributed by atoms with van der Waals surface area (Å²) in [5.74, 6) is 1.41. The highest BCUT2D eigenvalue weighted by Crippen LogP contribution is 2.47. The van der Waals surface area contributed by atoms with Crippen LogP contribution in [0.2, 0.25) is 0 Å². The number of fused-ring (bicyclic) bond motifs is 3. The molecule has 0 amide bonds. The molecule has 3 heteroatoms. The van der Waals surface area contributed by atoms with Gasteiger partial charge in [0.15, 0.2) is 0 Å². The van der Waals surface area contributed by atoms with Crippen molar-refractivity contribution in [1.82, 2.24) is 5.32 Å². The second-order valence-electron chi connectivity index (χ2n) is 5.47. The average Bonchev–Trinajstić information content (AvgIpc) is 2.30. The minimum atomic E-state index is 0.0175. The Morgan fingerprint density at radius 1 is 1.20 bits per heavy atom. The van der Waals surface area contributed by atoms with Crippen molar-refractivity contribution < 1.29 is 5.11 Å². The summed E-state index contributed by atoms with van der Waals surface area (Å²) in [6.45, 7) is 1.21. The van der Waals surface area contributed by atoms with Crippen molar-refractivity contribution in [3.63, 3.8) is 0 Å². The third kappa shape index (κ3) is 1.85. The van der Waals surface area contributed by atoms with Gasteiger partial charge in [-0.05, 0) is 62.3 Å². The second-order valence-corrected chi connectivity index (χ2v) is 7.05. The van der Waals surface area contributed by atoms with E-state index in [-0.39, 0.29) is 6.10 Å². The molecule has 3 fully saturated rings. The van der Waals surface area contributed by atoms with E-state index in [2.05, 4.69) is 5.32 Å². The van der Waals surface area contributed by atoms with E-state index in [0.717, 1.165) is 32.6 Å². The Balaban J connectivity index is 1.79. The molecule has 0 aromatic carbocycles. The molecule has 3 rings (SSSR count). The SMILES string of the molecule is OC1CC2CCCNC2C2PCCCC12. The van der Waals surface area contributed by atoms with Gasteiger partial charge < -0.3 is 10.4 Å². The van der Waals surface area contributed by atoms with Crippen molar-refractivity contribution >= 4 is 8.58 Å². The monoisotopic (exact) mass is 227 g/mol. The molecular formula is C12H22NOP. The molecule has 2 saturated heterocycles. The van der Waals surface area contributed by atoms with Crippen LogP contribution in [0, 0.1) is 11.8 Å². The first-order valence-electron chi connectivity index (χ1n) is 6.51.